The van der Waals surface area contributed by atoms with Crippen LogP contribution in [0.4, 0.5) is 5.82 Å². The van der Waals surface area contributed by atoms with Crippen LogP contribution in [0.25, 0.3) is 16.8 Å². The fourth-order valence-corrected chi connectivity index (χ4v) is 4.42. The van der Waals surface area contributed by atoms with Gasteiger partial charge in [-0.2, -0.15) is 10.2 Å². The molecule has 2 bridgehead atoms. The molecule has 156 valence electrons. The van der Waals surface area contributed by atoms with Crippen molar-refractivity contribution in [3.63, 3.8) is 0 Å². The standard InChI is InChI=1S/C21H24N6O3/c1-26-19(17(9-23-26)29-12-21-8-15(10-30-21)22-11-21)14-4-5-27-16(6-14)7-18(25-27)24-20(28)13-2-3-13/h4-7,9,13,15,22H,2-3,8,10-12H2,1H3,(H,24,25,28)/t15-,21-/m1/s1. The zero-order chi connectivity index (χ0) is 20.3. The van der Waals surface area contributed by atoms with Crippen LogP contribution < -0.4 is 15.4 Å². The van der Waals surface area contributed by atoms with Gasteiger partial charge in [-0.3, -0.25) is 9.48 Å². The van der Waals surface area contributed by atoms with Crippen LogP contribution in [-0.4, -0.2) is 56.7 Å². The quantitative estimate of drug-likeness (QED) is 0.643. The van der Waals surface area contributed by atoms with Gasteiger partial charge in [-0.25, -0.2) is 4.52 Å². The molecule has 3 fully saturated rings. The molecule has 0 unspecified atom stereocenters. The summed E-state index contributed by atoms with van der Waals surface area (Å²) in [7, 11) is 1.90. The number of amides is 1. The molecule has 1 amide bonds. The van der Waals surface area contributed by atoms with Crippen molar-refractivity contribution in [1.82, 2.24) is 24.7 Å². The first-order valence-electron chi connectivity index (χ1n) is 10.4. The summed E-state index contributed by atoms with van der Waals surface area (Å²) in [5.41, 5.74) is 2.54. The zero-order valence-corrected chi connectivity index (χ0v) is 16.8. The van der Waals surface area contributed by atoms with E-state index < -0.39 is 0 Å². The van der Waals surface area contributed by atoms with Gasteiger partial charge in [0.2, 0.25) is 5.91 Å². The van der Waals surface area contributed by atoms with E-state index in [1.807, 2.05) is 36.1 Å². The van der Waals surface area contributed by atoms with E-state index in [0.717, 1.165) is 54.9 Å². The third-order valence-corrected chi connectivity index (χ3v) is 6.25. The van der Waals surface area contributed by atoms with Gasteiger partial charge in [0.15, 0.2) is 11.6 Å². The van der Waals surface area contributed by atoms with E-state index >= 15 is 0 Å². The highest BCUT2D eigenvalue weighted by atomic mass is 16.6. The molecule has 0 aromatic carbocycles. The van der Waals surface area contributed by atoms with Gasteiger partial charge < -0.3 is 20.1 Å². The number of pyridine rings is 1. The van der Waals surface area contributed by atoms with E-state index in [-0.39, 0.29) is 17.4 Å². The van der Waals surface area contributed by atoms with Gasteiger partial charge in [0.1, 0.15) is 17.9 Å². The van der Waals surface area contributed by atoms with Gasteiger partial charge >= 0.3 is 0 Å². The summed E-state index contributed by atoms with van der Waals surface area (Å²) >= 11 is 0. The van der Waals surface area contributed by atoms with Crippen molar-refractivity contribution in [3.05, 3.63) is 30.6 Å². The summed E-state index contributed by atoms with van der Waals surface area (Å²) in [6, 6.07) is 6.34. The molecule has 3 aliphatic rings. The number of hydrogen-bond acceptors (Lipinski definition) is 6. The van der Waals surface area contributed by atoms with Crippen molar-refractivity contribution in [2.24, 2.45) is 13.0 Å². The maximum absolute atomic E-state index is 12.0. The molecular weight excluding hydrogens is 384 g/mol. The summed E-state index contributed by atoms with van der Waals surface area (Å²) in [6.45, 7) is 2.08. The van der Waals surface area contributed by atoms with Crippen molar-refractivity contribution in [2.75, 3.05) is 25.1 Å². The highest BCUT2D eigenvalue weighted by Gasteiger charge is 2.47. The Balaban J connectivity index is 1.25. The van der Waals surface area contributed by atoms with Gasteiger partial charge in [0.05, 0.1) is 18.3 Å². The van der Waals surface area contributed by atoms with Crippen molar-refractivity contribution in [2.45, 2.75) is 30.9 Å². The lowest BCUT2D eigenvalue weighted by Gasteiger charge is -2.26. The number of ether oxygens (including phenoxy) is 2. The van der Waals surface area contributed by atoms with Crippen molar-refractivity contribution < 1.29 is 14.3 Å². The molecule has 1 aliphatic carbocycles. The Labute approximate surface area is 173 Å². The maximum Gasteiger partial charge on any atom is 0.228 e. The molecule has 1 saturated carbocycles. The first-order chi connectivity index (χ1) is 14.6. The summed E-state index contributed by atoms with van der Waals surface area (Å²) in [4.78, 5) is 12.0. The molecule has 9 nitrogen and oxygen atoms in total. The number of morpholine rings is 1. The lowest BCUT2D eigenvalue weighted by atomic mass is 10.0. The monoisotopic (exact) mass is 408 g/mol. The molecule has 3 aromatic rings. The van der Waals surface area contributed by atoms with Crippen LogP contribution in [0.2, 0.25) is 0 Å². The normalized spacial score (nSPS) is 25.2. The minimum atomic E-state index is -0.234. The Hall–Kier alpha value is -2.91. The average molecular weight is 408 g/mol. The van der Waals surface area contributed by atoms with Crippen LogP contribution >= 0.6 is 0 Å². The van der Waals surface area contributed by atoms with Crippen molar-refractivity contribution in [3.8, 4) is 17.0 Å². The molecule has 30 heavy (non-hydrogen) atoms. The van der Waals surface area contributed by atoms with E-state index in [1.54, 1.807) is 10.7 Å². The average Bonchev–Trinajstić information content (AvgIpc) is 3.07. The Kier molecular flexibility index (Phi) is 3.91. The van der Waals surface area contributed by atoms with Crippen molar-refractivity contribution >= 4 is 17.2 Å². The fraction of sp³-hybridized carbons (Fsp3) is 0.476. The fourth-order valence-electron chi connectivity index (χ4n) is 4.42. The molecular formula is C21H24N6O3. The number of anilines is 1. The van der Waals surface area contributed by atoms with Crippen molar-refractivity contribution in [1.29, 1.82) is 0 Å². The minimum absolute atomic E-state index is 0.0538. The highest BCUT2D eigenvalue weighted by Crippen LogP contribution is 2.35. The first kappa shape index (κ1) is 17.9. The summed E-state index contributed by atoms with van der Waals surface area (Å²) in [5.74, 6) is 1.51. The Morgan fingerprint density at radius 2 is 2.33 bits per heavy atom. The number of aromatic nitrogens is 4. The van der Waals surface area contributed by atoms with Gasteiger partial charge in [0, 0.05) is 43.4 Å². The number of carbonyl (C=O) groups is 1. The molecule has 2 atom stereocenters. The highest BCUT2D eigenvalue weighted by molar-refractivity contribution is 5.93. The number of aryl methyl sites for hydroxylation is 1. The minimum Gasteiger partial charge on any atom is -0.487 e. The second-order valence-electron chi connectivity index (χ2n) is 8.62. The van der Waals surface area contributed by atoms with Crippen LogP contribution in [0, 0.1) is 5.92 Å². The van der Waals surface area contributed by atoms with E-state index in [0.29, 0.717) is 18.5 Å². The van der Waals surface area contributed by atoms with Gasteiger partial charge in [0.25, 0.3) is 0 Å². The summed E-state index contributed by atoms with van der Waals surface area (Å²) in [6.07, 6.45) is 6.56. The van der Waals surface area contributed by atoms with E-state index in [2.05, 4.69) is 20.8 Å². The number of carbonyl (C=O) groups excluding carboxylic acids is 1. The topological polar surface area (TPSA) is 94.7 Å². The van der Waals surface area contributed by atoms with Crippen LogP contribution in [-0.2, 0) is 16.6 Å². The summed E-state index contributed by atoms with van der Waals surface area (Å²) in [5, 5.41) is 15.2. The zero-order valence-electron chi connectivity index (χ0n) is 16.8. The Bertz CT molecular complexity index is 1120. The third kappa shape index (κ3) is 3.05. The van der Waals surface area contributed by atoms with Gasteiger partial charge in [-0.15, -0.1) is 0 Å². The Morgan fingerprint density at radius 3 is 3.07 bits per heavy atom. The predicted octanol–water partition coefficient (Wildman–Crippen LogP) is 1.59. The smallest absolute Gasteiger partial charge is 0.228 e. The predicted molar refractivity (Wildman–Crippen MR) is 109 cm³/mol. The molecule has 6 rings (SSSR count). The number of hydrogen-bond donors (Lipinski definition) is 2. The number of nitrogens with one attached hydrogen (secondary N) is 2. The van der Waals surface area contributed by atoms with Crippen LogP contribution in [0.15, 0.2) is 30.6 Å². The second-order valence-corrected chi connectivity index (χ2v) is 8.62. The molecule has 2 N–H and O–H groups in total. The van der Waals surface area contributed by atoms with E-state index in [1.165, 1.54) is 0 Å². The maximum atomic E-state index is 12.0. The molecule has 2 saturated heterocycles. The third-order valence-electron chi connectivity index (χ3n) is 6.25. The molecule has 3 aromatic heterocycles. The van der Waals surface area contributed by atoms with Gasteiger partial charge in [-0.05, 0) is 31.4 Å². The lowest BCUT2D eigenvalue weighted by Crippen LogP contribution is -2.43. The lowest BCUT2D eigenvalue weighted by molar-refractivity contribution is -0.117. The second kappa shape index (κ2) is 6.55. The Morgan fingerprint density at radius 1 is 1.43 bits per heavy atom. The number of rotatable bonds is 6. The largest absolute Gasteiger partial charge is 0.487 e. The number of fused-ring (bicyclic) bond motifs is 3. The van der Waals surface area contributed by atoms with Crippen LogP contribution in [0.1, 0.15) is 19.3 Å². The van der Waals surface area contributed by atoms with Crippen LogP contribution in [0.5, 0.6) is 5.75 Å². The first-order valence-corrected chi connectivity index (χ1v) is 10.4. The molecule has 9 heteroatoms. The van der Waals surface area contributed by atoms with Gasteiger partial charge in [-0.1, -0.05) is 0 Å². The van der Waals surface area contributed by atoms with Crippen LogP contribution in [0.3, 0.4) is 0 Å². The molecule has 0 spiro atoms. The molecule has 5 heterocycles. The van der Waals surface area contributed by atoms with E-state index in [9.17, 15) is 4.79 Å². The molecule has 2 aliphatic heterocycles. The number of nitrogens with zero attached hydrogens (tertiary/aromatic N) is 4. The SMILES string of the molecule is Cn1ncc(OC[C@@]23CN[C@@H](CO2)C3)c1-c1ccn2nc(NC(=O)C3CC3)cc2c1. The molecule has 0 radical (unpaired) electrons. The summed E-state index contributed by atoms with van der Waals surface area (Å²) < 4.78 is 15.7. The van der Waals surface area contributed by atoms with E-state index in [4.69, 9.17) is 9.47 Å².